The lowest BCUT2D eigenvalue weighted by molar-refractivity contribution is 0.953. The minimum absolute atomic E-state index is 0.545. The minimum atomic E-state index is 0.545. The molecule has 4 aromatic heterocycles. The Morgan fingerprint density at radius 1 is 0.198 bits per heavy atom. The molecule has 0 atom stereocenters. The Balaban J connectivity index is 0.885. The first-order valence-electron chi connectivity index (χ1n) is 27.5. The van der Waals surface area contributed by atoms with Crippen LogP contribution in [0.2, 0.25) is 0 Å². The molecule has 0 radical (unpaired) electrons. The zero-order valence-corrected chi connectivity index (χ0v) is 43.9. The second-order valence-corrected chi connectivity index (χ2v) is 20.7. The maximum Gasteiger partial charge on any atom is 0.238 e. The van der Waals surface area contributed by atoms with Gasteiger partial charge in [0, 0.05) is 54.6 Å². The number of hydrogen-bond acceptors (Lipinski definition) is 3. The van der Waals surface area contributed by atoms with Gasteiger partial charge in [-0.25, -0.2) is 4.98 Å². The number of benzene rings is 12. The summed E-state index contributed by atoms with van der Waals surface area (Å²) in [5.74, 6) is 1.69. The van der Waals surface area contributed by atoms with Crippen molar-refractivity contribution in [2.45, 2.75) is 0 Å². The summed E-state index contributed by atoms with van der Waals surface area (Å²) in [5.41, 5.74) is 19.5. The molecule has 0 saturated carbocycles. The maximum atomic E-state index is 5.45. The smallest absolute Gasteiger partial charge is 0.238 e. The summed E-state index contributed by atoms with van der Waals surface area (Å²) in [6.45, 7) is 0. The van der Waals surface area contributed by atoms with Crippen LogP contribution in [-0.4, -0.2) is 28.7 Å². The topological polar surface area (TPSA) is 53.5 Å². The Bertz CT molecular complexity index is 4950. The SMILES string of the molecule is c1ccc(-c2ccc(-n3c4ccccc4c4ccccc43)c(-c3ccc(-c4nc(-c5cccc(-c6cc(-c7ccccc7)ccc6-n6c7ccccc7c7ccccc76)c5)nc(-n5c6ccccc6c6ccccc65)n4)cc3)c2)cc1. The zero-order chi connectivity index (χ0) is 53.4. The van der Waals surface area contributed by atoms with E-state index >= 15 is 0 Å². The van der Waals surface area contributed by atoms with E-state index in [1.54, 1.807) is 0 Å². The van der Waals surface area contributed by atoms with Crippen molar-refractivity contribution >= 4 is 65.4 Å². The summed E-state index contributed by atoms with van der Waals surface area (Å²) < 4.78 is 7.02. The van der Waals surface area contributed by atoms with E-state index in [-0.39, 0.29) is 0 Å². The quantitative estimate of drug-likeness (QED) is 0.145. The van der Waals surface area contributed by atoms with Crippen molar-refractivity contribution in [3.05, 3.63) is 291 Å². The number of aromatic nitrogens is 6. The Kier molecular flexibility index (Phi) is 10.8. The van der Waals surface area contributed by atoms with E-state index in [2.05, 4.69) is 305 Å². The van der Waals surface area contributed by atoms with Crippen molar-refractivity contribution < 1.29 is 0 Å². The first-order chi connectivity index (χ1) is 40.2. The molecule has 0 spiro atoms. The van der Waals surface area contributed by atoms with Gasteiger partial charge in [0.05, 0.1) is 44.5 Å². The third-order valence-corrected chi connectivity index (χ3v) is 16.1. The lowest BCUT2D eigenvalue weighted by atomic mass is 9.95. The Morgan fingerprint density at radius 2 is 0.519 bits per heavy atom. The van der Waals surface area contributed by atoms with Gasteiger partial charge in [-0.15, -0.1) is 0 Å². The molecule has 0 N–H and O–H groups in total. The van der Waals surface area contributed by atoms with Crippen LogP contribution in [0.3, 0.4) is 0 Å². The molecule has 12 aromatic carbocycles. The second-order valence-electron chi connectivity index (χ2n) is 20.7. The van der Waals surface area contributed by atoms with Crippen molar-refractivity contribution in [2.75, 3.05) is 0 Å². The van der Waals surface area contributed by atoms with Gasteiger partial charge in [-0.1, -0.05) is 224 Å². The molecule has 0 fully saturated rings. The molecule has 16 rings (SSSR count). The van der Waals surface area contributed by atoms with Gasteiger partial charge < -0.3 is 9.13 Å². The van der Waals surface area contributed by atoms with E-state index in [0.29, 0.717) is 17.6 Å². The average molecular weight is 1030 g/mol. The highest BCUT2D eigenvalue weighted by Gasteiger charge is 2.22. The molecule has 81 heavy (non-hydrogen) atoms. The van der Waals surface area contributed by atoms with E-state index in [4.69, 9.17) is 15.0 Å². The maximum absolute atomic E-state index is 5.45. The molecule has 4 heterocycles. The van der Waals surface area contributed by atoms with Gasteiger partial charge in [-0.3, -0.25) is 4.57 Å². The molecule has 0 saturated heterocycles. The average Bonchev–Trinajstić information content (AvgIpc) is 4.39. The molecule has 6 nitrogen and oxygen atoms in total. The molecule has 0 aliphatic rings. The summed E-state index contributed by atoms with van der Waals surface area (Å²) in [6, 6.07) is 104. The summed E-state index contributed by atoms with van der Waals surface area (Å²) in [5, 5.41) is 7.15. The number of rotatable bonds is 9. The standard InChI is InChI=1S/C75H48N6/c1-3-20-49(21-4-1)53-42-44-71(79-65-32-13-7-26-57(65)58-27-8-14-33-66(58)79)63(47-53)51-38-40-52(41-39-51)73-76-74(78-75(77-73)81-69-36-17-11-30-61(69)62-31-12-18-37-70(62)81)56-25-19-24-55(46-56)64-48-54(50-22-5-2-6-23-50)43-45-72(64)80-67-34-15-9-28-59(67)60-29-10-16-35-68(60)80/h1-48H. The molecule has 378 valence electrons. The molecule has 0 aliphatic carbocycles. The lowest BCUT2D eigenvalue weighted by Gasteiger charge is -2.17. The number of hydrogen-bond donors (Lipinski definition) is 0. The van der Waals surface area contributed by atoms with Crippen LogP contribution in [0.4, 0.5) is 0 Å². The van der Waals surface area contributed by atoms with Crippen LogP contribution in [0.15, 0.2) is 291 Å². The second kappa shape index (κ2) is 18.9. The van der Waals surface area contributed by atoms with Crippen LogP contribution in [0.5, 0.6) is 0 Å². The van der Waals surface area contributed by atoms with Gasteiger partial charge >= 0.3 is 0 Å². The summed E-state index contributed by atoms with van der Waals surface area (Å²) in [4.78, 5) is 16.3. The van der Waals surface area contributed by atoms with Crippen molar-refractivity contribution in [1.29, 1.82) is 0 Å². The van der Waals surface area contributed by atoms with Crippen molar-refractivity contribution in [3.63, 3.8) is 0 Å². The van der Waals surface area contributed by atoms with Crippen molar-refractivity contribution in [3.8, 4) is 84.6 Å². The Labute approximate surface area is 467 Å². The number of nitrogens with zero attached hydrogens (tertiary/aromatic N) is 6. The van der Waals surface area contributed by atoms with Crippen molar-refractivity contribution in [2.24, 2.45) is 0 Å². The summed E-state index contributed by atoms with van der Waals surface area (Å²) in [6.07, 6.45) is 0. The third kappa shape index (κ3) is 7.68. The van der Waals surface area contributed by atoms with Crippen LogP contribution < -0.4 is 0 Å². The van der Waals surface area contributed by atoms with Crippen LogP contribution in [0, 0.1) is 0 Å². The first-order valence-corrected chi connectivity index (χ1v) is 27.5. The van der Waals surface area contributed by atoms with E-state index in [0.717, 1.165) is 111 Å². The Hall–Kier alpha value is -11.0. The van der Waals surface area contributed by atoms with Gasteiger partial charge in [0.15, 0.2) is 11.6 Å². The largest absolute Gasteiger partial charge is 0.309 e. The third-order valence-electron chi connectivity index (χ3n) is 16.1. The normalized spacial score (nSPS) is 11.7. The van der Waals surface area contributed by atoms with Crippen LogP contribution in [0.25, 0.3) is 150 Å². The fourth-order valence-electron chi connectivity index (χ4n) is 12.4. The minimum Gasteiger partial charge on any atom is -0.309 e. The lowest BCUT2D eigenvalue weighted by Crippen LogP contribution is -2.06. The number of para-hydroxylation sites is 6. The van der Waals surface area contributed by atoms with E-state index in [1.165, 1.54) is 21.5 Å². The van der Waals surface area contributed by atoms with Gasteiger partial charge in [-0.05, 0) is 100 Å². The predicted octanol–water partition coefficient (Wildman–Crippen LogP) is 19.2. The van der Waals surface area contributed by atoms with Gasteiger partial charge in [0.2, 0.25) is 5.95 Å². The van der Waals surface area contributed by atoms with E-state index in [9.17, 15) is 0 Å². The highest BCUT2D eigenvalue weighted by atomic mass is 15.2. The highest BCUT2D eigenvalue weighted by molar-refractivity contribution is 6.12. The molecule has 0 unspecified atom stereocenters. The molecular formula is C75H48N6. The molecule has 0 amide bonds. The Morgan fingerprint density at radius 3 is 0.951 bits per heavy atom. The fraction of sp³-hybridized carbons (Fsp3) is 0. The van der Waals surface area contributed by atoms with Gasteiger partial charge in [-0.2, -0.15) is 9.97 Å². The van der Waals surface area contributed by atoms with Crippen LogP contribution >= 0.6 is 0 Å². The van der Waals surface area contributed by atoms with Crippen LogP contribution in [-0.2, 0) is 0 Å². The predicted molar refractivity (Wildman–Crippen MR) is 335 cm³/mol. The van der Waals surface area contributed by atoms with E-state index < -0.39 is 0 Å². The number of fused-ring (bicyclic) bond motifs is 9. The van der Waals surface area contributed by atoms with E-state index in [1.807, 2.05) is 0 Å². The summed E-state index contributed by atoms with van der Waals surface area (Å²) in [7, 11) is 0. The van der Waals surface area contributed by atoms with Gasteiger partial charge in [0.25, 0.3) is 0 Å². The molecule has 16 aromatic rings. The highest BCUT2D eigenvalue weighted by Crippen LogP contribution is 2.42. The fourth-order valence-corrected chi connectivity index (χ4v) is 12.4. The molecule has 0 bridgehead atoms. The zero-order valence-electron chi connectivity index (χ0n) is 43.9. The van der Waals surface area contributed by atoms with Crippen molar-refractivity contribution in [1.82, 2.24) is 28.7 Å². The van der Waals surface area contributed by atoms with Crippen LogP contribution in [0.1, 0.15) is 0 Å². The monoisotopic (exact) mass is 1030 g/mol. The van der Waals surface area contributed by atoms with Gasteiger partial charge in [0.1, 0.15) is 0 Å². The molecular weight excluding hydrogens is 985 g/mol. The summed E-state index contributed by atoms with van der Waals surface area (Å²) >= 11 is 0. The molecule has 0 aliphatic heterocycles. The first kappa shape index (κ1) is 46.2. The molecule has 6 heteroatoms.